The van der Waals surface area contributed by atoms with Gasteiger partial charge in [0.25, 0.3) is 10.1 Å². The molecule has 0 aromatic heterocycles. The van der Waals surface area contributed by atoms with E-state index in [1.807, 2.05) is 6.92 Å². The Morgan fingerprint density at radius 3 is 2.32 bits per heavy atom. The van der Waals surface area contributed by atoms with Crippen LogP contribution in [0.25, 0.3) is 0 Å². The summed E-state index contributed by atoms with van der Waals surface area (Å²) in [6.45, 7) is 7.27. The van der Waals surface area contributed by atoms with E-state index in [0.29, 0.717) is 6.42 Å². The normalized spacial score (nSPS) is 13.9. The average molecular weight is 295 g/mol. The van der Waals surface area contributed by atoms with Gasteiger partial charge in [-0.3, -0.25) is 4.55 Å². The summed E-state index contributed by atoms with van der Waals surface area (Å²) in [6.07, 6.45) is 2.08. The van der Waals surface area contributed by atoms with E-state index in [9.17, 15) is 13.2 Å². The summed E-state index contributed by atoms with van der Waals surface area (Å²) in [7, 11) is -4.01. The lowest BCUT2D eigenvalue weighted by atomic mass is 10.1. The average Bonchev–Trinajstić information content (AvgIpc) is 2.18. The van der Waals surface area contributed by atoms with E-state index in [0.717, 1.165) is 12.8 Å². The number of nitrogens with one attached hydrogen (secondary N) is 1. The lowest BCUT2D eigenvalue weighted by Gasteiger charge is -2.23. The van der Waals surface area contributed by atoms with Crippen molar-refractivity contribution in [2.75, 3.05) is 5.75 Å². The Kier molecular flexibility index (Phi) is 7.36. The number of amides is 1. The van der Waals surface area contributed by atoms with Crippen LogP contribution in [0.2, 0.25) is 0 Å². The first-order chi connectivity index (χ1) is 8.53. The van der Waals surface area contributed by atoms with Crippen LogP contribution in [0.5, 0.6) is 0 Å². The minimum Gasteiger partial charge on any atom is -0.444 e. The van der Waals surface area contributed by atoms with Gasteiger partial charge in [-0.1, -0.05) is 19.8 Å². The van der Waals surface area contributed by atoms with Crippen LogP contribution in [-0.4, -0.2) is 36.5 Å². The van der Waals surface area contributed by atoms with Gasteiger partial charge >= 0.3 is 6.09 Å². The Hall–Kier alpha value is -0.820. The Labute approximate surface area is 115 Å². The van der Waals surface area contributed by atoms with Crippen molar-refractivity contribution < 1.29 is 22.5 Å². The Bertz CT molecular complexity index is 372. The van der Waals surface area contributed by atoms with Crippen LogP contribution in [-0.2, 0) is 14.9 Å². The maximum absolute atomic E-state index is 11.6. The van der Waals surface area contributed by atoms with Crippen molar-refractivity contribution in [3.8, 4) is 0 Å². The van der Waals surface area contributed by atoms with E-state index in [1.54, 1.807) is 20.8 Å². The predicted octanol–water partition coefficient (Wildman–Crippen LogP) is 2.35. The molecule has 19 heavy (non-hydrogen) atoms. The molecule has 0 aliphatic heterocycles. The molecule has 0 radical (unpaired) electrons. The molecule has 0 bridgehead atoms. The molecule has 0 heterocycles. The third kappa shape index (κ3) is 12.0. The van der Waals surface area contributed by atoms with Crippen molar-refractivity contribution in [2.45, 2.75) is 65.0 Å². The Morgan fingerprint density at radius 1 is 1.32 bits per heavy atom. The molecule has 1 unspecified atom stereocenters. The molecule has 0 aliphatic rings. The molecule has 2 N–H and O–H groups in total. The first kappa shape index (κ1) is 18.2. The van der Waals surface area contributed by atoms with Crippen molar-refractivity contribution in [1.29, 1.82) is 0 Å². The van der Waals surface area contributed by atoms with Gasteiger partial charge in [-0.25, -0.2) is 4.79 Å². The lowest BCUT2D eigenvalue weighted by Crippen LogP contribution is -2.40. The molecular weight excluding hydrogens is 270 g/mol. The zero-order valence-corrected chi connectivity index (χ0v) is 12.9. The molecule has 0 aliphatic carbocycles. The van der Waals surface area contributed by atoms with Crippen molar-refractivity contribution in [3.05, 3.63) is 0 Å². The van der Waals surface area contributed by atoms with Crippen LogP contribution in [0, 0.1) is 0 Å². The van der Waals surface area contributed by atoms with Crippen molar-refractivity contribution in [1.82, 2.24) is 5.32 Å². The predicted molar refractivity (Wildman–Crippen MR) is 73.7 cm³/mol. The Morgan fingerprint density at radius 2 is 1.89 bits per heavy atom. The number of hydrogen-bond donors (Lipinski definition) is 2. The molecular formula is C12H25NO5S. The Balaban J connectivity index is 4.37. The number of unbranched alkanes of at least 4 members (excludes halogenated alkanes) is 1. The van der Waals surface area contributed by atoms with E-state index in [4.69, 9.17) is 9.29 Å². The van der Waals surface area contributed by atoms with E-state index in [2.05, 4.69) is 5.32 Å². The molecule has 0 aromatic rings. The number of hydrogen-bond acceptors (Lipinski definition) is 4. The summed E-state index contributed by atoms with van der Waals surface area (Å²) in [5, 5.41) is 2.64. The number of alkyl carbamates (subject to hydrolysis) is 1. The summed E-state index contributed by atoms with van der Waals surface area (Å²) in [6, 6.07) is -0.309. The molecule has 0 saturated heterocycles. The summed E-state index contributed by atoms with van der Waals surface area (Å²) >= 11 is 0. The minimum absolute atomic E-state index is 0.179. The quantitative estimate of drug-likeness (QED) is 0.703. The topological polar surface area (TPSA) is 92.7 Å². The molecule has 0 aromatic carbocycles. The standard InChI is InChI=1S/C12H25NO5S/c1-5-6-7-10(8-9-19(15,16)17)13-11(14)18-12(2,3)4/h10H,5-9H2,1-4H3,(H,13,14)(H,15,16,17). The summed E-state index contributed by atoms with van der Waals surface area (Å²) in [5.74, 6) is -0.364. The zero-order chi connectivity index (χ0) is 15.1. The largest absolute Gasteiger partial charge is 0.444 e. The maximum Gasteiger partial charge on any atom is 0.407 e. The van der Waals surface area contributed by atoms with Crippen LogP contribution in [0.1, 0.15) is 53.4 Å². The first-order valence-corrected chi connectivity index (χ1v) is 8.09. The molecule has 0 fully saturated rings. The second kappa shape index (κ2) is 7.69. The second-order valence-corrected chi connectivity index (χ2v) is 7.13. The van der Waals surface area contributed by atoms with E-state index in [1.165, 1.54) is 0 Å². The fourth-order valence-corrected chi connectivity index (χ4v) is 2.09. The minimum atomic E-state index is -4.01. The maximum atomic E-state index is 11.6. The van der Waals surface area contributed by atoms with Crippen molar-refractivity contribution >= 4 is 16.2 Å². The molecule has 7 heteroatoms. The highest BCUT2D eigenvalue weighted by Crippen LogP contribution is 2.10. The molecule has 6 nitrogen and oxygen atoms in total. The van der Waals surface area contributed by atoms with E-state index >= 15 is 0 Å². The highest BCUT2D eigenvalue weighted by atomic mass is 32.2. The molecule has 0 saturated carbocycles. The van der Waals surface area contributed by atoms with Gasteiger partial charge in [-0.15, -0.1) is 0 Å². The lowest BCUT2D eigenvalue weighted by molar-refractivity contribution is 0.0499. The van der Waals surface area contributed by atoms with Crippen LogP contribution in [0.15, 0.2) is 0 Å². The fourth-order valence-electron chi connectivity index (χ4n) is 1.50. The molecule has 1 atom stereocenters. The molecule has 0 rings (SSSR count). The summed E-state index contributed by atoms with van der Waals surface area (Å²) in [4.78, 5) is 11.6. The number of ether oxygens (including phenoxy) is 1. The second-order valence-electron chi connectivity index (χ2n) is 5.56. The molecule has 1 amide bonds. The van der Waals surface area contributed by atoms with Gasteiger partial charge in [0, 0.05) is 6.04 Å². The third-order valence-corrected chi connectivity index (χ3v) is 3.10. The van der Waals surface area contributed by atoms with E-state index in [-0.39, 0.29) is 18.2 Å². The van der Waals surface area contributed by atoms with Crippen molar-refractivity contribution in [3.63, 3.8) is 0 Å². The first-order valence-electron chi connectivity index (χ1n) is 6.48. The van der Waals surface area contributed by atoms with Crippen LogP contribution >= 0.6 is 0 Å². The van der Waals surface area contributed by atoms with Crippen LogP contribution in [0.4, 0.5) is 4.79 Å². The van der Waals surface area contributed by atoms with Gasteiger partial charge in [0.1, 0.15) is 5.60 Å². The highest BCUT2D eigenvalue weighted by molar-refractivity contribution is 7.85. The smallest absolute Gasteiger partial charge is 0.407 e. The van der Waals surface area contributed by atoms with Crippen LogP contribution in [0.3, 0.4) is 0 Å². The van der Waals surface area contributed by atoms with Gasteiger partial charge < -0.3 is 10.1 Å². The van der Waals surface area contributed by atoms with Crippen LogP contribution < -0.4 is 5.32 Å². The van der Waals surface area contributed by atoms with Gasteiger partial charge in [-0.2, -0.15) is 8.42 Å². The van der Waals surface area contributed by atoms with Crippen molar-refractivity contribution in [2.24, 2.45) is 0 Å². The highest BCUT2D eigenvalue weighted by Gasteiger charge is 2.20. The monoisotopic (exact) mass is 295 g/mol. The van der Waals surface area contributed by atoms with Gasteiger partial charge in [0.05, 0.1) is 5.75 Å². The van der Waals surface area contributed by atoms with E-state index < -0.39 is 21.8 Å². The summed E-state index contributed by atoms with van der Waals surface area (Å²) < 4.78 is 35.3. The molecule has 0 spiro atoms. The SMILES string of the molecule is CCCCC(CCS(=O)(=O)O)NC(=O)OC(C)(C)C. The fraction of sp³-hybridized carbons (Fsp3) is 0.917. The zero-order valence-electron chi connectivity index (χ0n) is 12.1. The number of rotatable bonds is 7. The van der Waals surface area contributed by atoms with Gasteiger partial charge in [0.2, 0.25) is 0 Å². The summed E-state index contributed by atoms with van der Waals surface area (Å²) in [5.41, 5.74) is -0.595. The van der Waals surface area contributed by atoms with Gasteiger partial charge in [-0.05, 0) is 33.6 Å². The number of carbonyl (C=O) groups is 1. The molecule has 114 valence electrons. The van der Waals surface area contributed by atoms with Gasteiger partial charge in [0.15, 0.2) is 0 Å². The number of carbonyl (C=O) groups excluding carboxylic acids is 1. The third-order valence-electron chi connectivity index (χ3n) is 2.35.